The Kier molecular flexibility index (Phi) is 14.6. The summed E-state index contributed by atoms with van der Waals surface area (Å²) in [4.78, 5) is 12.1. The molecular formula is C22H43NO. The predicted molar refractivity (Wildman–Crippen MR) is 105 cm³/mol. The Labute approximate surface area is 151 Å². The van der Waals surface area contributed by atoms with Crippen molar-refractivity contribution in [1.29, 1.82) is 0 Å². The first-order valence-corrected chi connectivity index (χ1v) is 11.1. The number of unbranched alkanes of at least 4 members (excludes halogenated alkanes) is 12. The number of Topliss-reactive ketones (excluding diaryl/α,β-unsaturated/α-hetero) is 1. The van der Waals surface area contributed by atoms with Crippen molar-refractivity contribution in [1.82, 2.24) is 0 Å². The van der Waals surface area contributed by atoms with E-state index < -0.39 is 0 Å². The number of hydrogen-bond acceptors (Lipinski definition) is 2. The minimum Gasteiger partial charge on any atom is -0.330 e. The SMILES string of the molecule is NCCCCCCCCCCCCCCCC(=O)C1CCCCC1. The van der Waals surface area contributed by atoms with Crippen LogP contribution in [0.15, 0.2) is 0 Å². The molecule has 0 spiro atoms. The lowest BCUT2D eigenvalue weighted by Crippen LogP contribution is -2.17. The van der Waals surface area contributed by atoms with Gasteiger partial charge in [-0.2, -0.15) is 0 Å². The summed E-state index contributed by atoms with van der Waals surface area (Å²) >= 11 is 0. The maximum Gasteiger partial charge on any atom is 0.135 e. The normalized spacial score (nSPS) is 15.7. The molecule has 142 valence electrons. The van der Waals surface area contributed by atoms with Gasteiger partial charge in [0.25, 0.3) is 0 Å². The van der Waals surface area contributed by atoms with Crippen LogP contribution in [0, 0.1) is 5.92 Å². The van der Waals surface area contributed by atoms with Crippen LogP contribution in [0.1, 0.15) is 122 Å². The molecule has 0 unspecified atom stereocenters. The van der Waals surface area contributed by atoms with Gasteiger partial charge in [-0.1, -0.05) is 89.9 Å². The molecule has 1 fully saturated rings. The third-order valence-corrected chi connectivity index (χ3v) is 5.69. The Morgan fingerprint density at radius 3 is 1.50 bits per heavy atom. The molecule has 1 aliphatic rings. The van der Waals surface area contributed by atoms with Gasteiger partial charge >= 0.3 is 0 Å². The van der Waals surface area contributed by atoms with Gasteiger partial charge in [0.15, 0.2) is 0 Å². The van der Waals surface area contributed by atoms with E-state index in [4.69, 9.17) is 5.73 Å². The van der Waals surface area contributed by atoms with Crippen LogP contribution in [-0.4, -0.2) is 12.3 Å². The summed E-state index contributed by atoms with van der Waals surface area (Å²) < 4.78 is 0. The third-order valence-electron chi connectivity index (χ3n) is 5.69. The van der Waals surface area contributed by atoms with Crippen molar-refractivity contribution < 1.29 is 4.79 Å². The molecule has 0 aromatic carbocycles. The number of carbonyl (C=O) groups excluding carboxylic acids is 1. The molecule has 0 heterocycles. The number of ketones is 1. The van der Waals surface area contributed by atoms with Gasteiger partial charge in [-0.15, -0.1) is 0 Å². The molecular weight excluding hydrogens is 294 g/mol. The fraction of sp³-hybridized carbons (Fsp3) is 0.955. The molecule has 0 saturated heterocycles. The van der Waals surface area contributed by atoms with Crippen molar-refractivity contribution in [2.45, 2.75) is 122 Å². The zero-order valence-corrected chi connectivity index (χ0v) is 16.2. The second-order valence-corrected chi connectivity index (χ2v) is 7.94. The molecule has 0 aliphatic heterocycles. The molecule has 24 heavy (non-hydrogen) atoms. The topological polar surface area (TPSA) is 43.1 Å². The van der Waals surface area contributed by atoms with E-state index >= 15 is 0 Å². The lowest BCUT2D eigenvalue weighted by molar-refractivity contribution is -0.123. The summed E-state index contributed by atoms with van der Waals surface area (Å²) in [6.45, 7) is 0.856. The molecule has 2 N–H and O–H groups in total. The second-order valence-electron chi connectivity index (χ2n) is 7.94. The van der Waals surface area contributed by atoms with Crippen molar-refractivity contribution in [3.05, 3.63) is 0 Å². The molecule has 0 atom stereocenters. The van der Waals surface area contributed by atoms with E-state index in [9.17, 15) is 4.79 Å². The lowest BCUT2D eigenvalue weighted by atomic mass is 9.84. The summed E-state index contributed by atoms with van der Waals surface area (Å²) in [6, 6.07) is 0. The zero-order chi connectivity index (χ0) is 17.3. The third kappa shape index (κ3) is 12.1. The van der Waals surface area contributed by atoms with E-state index in [1.165, 1.54) is 109 Å². The van der Waals surface area contributed by atoms with Crippen LogP contribution >= 0.6 is 0 Å². The lowest BCUT2D eigenvalue weighted by Gasteiger charge is -2.20. The maximum atomic E-state index is 12.1. The Morgan fingerprint density at radius 2 is 1.04 bits per heavy atom. The average molecular weight is 338 g/mol. The molecule has 0 bridgehead atoms. The molecule has 0 radical (unpaired) electrons. The summed E-state index contributed by atoms with van der Waals surface area (Å²) in [5.41, 5.74) is 5.50. The molecule has 2 nitrogen and oxygen atoms in total. The maximum absolute atomic E-state index is 12.1. The van der Waals surface area contributed by atoms with Gasteiger partial charge in [0.05, 0.1) is 0 Å². The number of rotatable bonds is 16. The van der Waals surface area contributed by atoms with Crippen molar-refractivity contribution in [3.8, 4) is 0 Å². The number of nitrogens with two attached hydrogens (primary N) is 1. The van der Waals surface area contributed by atoms with Crippen LogP contribution in [0.4, 0.5) is 0 Å². The summed E-state index contributed by atoms with van der Waals surface area (Å²) in [6.07, 6.45) is 24.5. The monoisotopic (exact) mass is 337 g/mol. The molecule has 2 heteroatoms. The first-order valence-electron chi connectivity index (χ1n) is 11.1. The highest BCUT2D eigenvalue weighted by Gasteiger charge is 2.19. The van der Waals surface area contributed by atoms with Crippen LogP contribution < -0.4 is 5.73 Å². The van der Waals surface area contributed by atoms with Crippen LogP contribution in [0.3, 0.4) is 0 Å². The Bertz CT molecular complexity index is 284. The van der Waals surface area contributed by atoms with Gasteiger partial charge in [0.2, 0.25) is 0 Å². The Balaban J connectivity index is 1.75. The van der Waals surface area contributed by atoms with Crippen LogP contribution in [0.5, 0.6) is 0 Å². The zero-order valence-electron chi connectivity index (χ0n) is 16.2. The van der Waals surface area contributed by atoms with Crippen LogP contribution in [-0.2, 0) is 4.79 Å². The minimum atomic E-state index is 0.425. The van der Waals surface area contributed by atoms with E-state index in [2.05, 4.69) is 0 Å². The van der Waals surface area contributed by atoms with Crippen molar-refractivity contribution >= 4 is 5.78 Å². The summed E-state index contributed by atoms with van der Waals surface area (Å²) in [5.74, 6) is 0.996. The first kappa shape index (κ1) is 21.7. The highest BCUT2D eigenvalue weighted by atomic mass is 16.1. The Hall–Kier alpha value is -0.370. The molecule has 0 amide bonds. The fourth-order valence-electron chi connectivity index (χ4n) is 4.02. The van der Waals surface area contributed by atoms with Crippen LogP contribution in [0.25, 0.3) is 0 Å². The van der Waals surface area contributed by atoms with Gasteiger partial charge in [-0.05, 0) is 32.2 Å². The highest BCUT2D eigenvalue weighted by molar-refractivity contribution is 5.80. The Morgan fingerprint density at radius 1 is 0.625 bits per heavy atom. The fourth-order valence-corrected chi connectivity index (χ4v) is 4.02. The molecule has 1 saturated carbocycles. The van der Waals surface area contributed by atoms with E-state index in [1.54, 1.807) is 0 Å². The highest BCUT2D eigenvalue weighted by Crippen LogP contribution is 2.26. The smallest absolute Gasteiger partial charge is 0.135 e. The van der Waals surface area contributed by atoms with E-state index in [0.29, 0.717) is 11.7 Å². The van der Waals surface area contributed by atoms with Gasteiger partial charge in [-0.25, -0.2) is 0 Å². The average Bonchev–Trinajstić information content (AvgIpc) is 2.62. The molecule has 0 aromatic heterocycles. The predicted octanol–water partition coefficient (Wildman–Crippen LogP) is 6.56. The number of carbonyl (C=O) groups is 1. The van der Waals surface area contributed by atoms with E-state index in [-0.39, 0.29) is 0 Å². The van der Waals surface area contributed by atoms with Gasteiger partial charge < -0.3 is 5.73 Å². The molecule has 1 rings (SSSR count). The van der Waals surface area contributed by atoms with E-state index in [0.717, 1.165) is 19.4 Å². The van der Waals surface area contributed by atoms with E-state index in [1.807, 2.05) is 0 Å². The second kappa shape index (κ2) is 16.1. The summed E-state index contributed by atoms with van der Waals surface area (Å²) in [7, 11) is 0. The largest absolute Gasteiger partial charge is 0.330 e. The van der Waals surface area contributed by atoms with Crippen molar-refractivity contribution in [2.24, 2.45) is 11.7 Å². The van der Waals surface area contributed by atoms with Crippen molar-refractivity contribution in [3.63, 3.8) is 0 Å². The molecule has 0 aromatic rings. The van der Waals surface area contributed by atoms with Gasteiger partial charge in [0, 0.05) is 12.3 Å². The van der Waals surface area contributed by atoms with Crippen LogP contribution in [0.2, 0.25) is 0 Å². The minimum absolute atomic E-state index is 0.425. The summed E-state index contributed by atoms with van der Waals surface area (Å²) in [5, 5.41) is 0. The number of hydrogen-bond donors (Lipinski definition) is 1. The first-order chi connectivity index (χ1) is 11.8. The standard InChI is InChI=1S/C22H43NO/c23-20-16-11-9-7-5-3-1-2-4-6-8-10-15-19-22(24)21-17-13-12-14-18-21/h21H,1-20,23H2. The van der Waals surface area contributed by atoms with Gasteiger partial charge in [0.1, 0.15) is 5.78 Å². The van der Waals surface area contributed by atoms with Gasteiger partial charge in [-0.3, -0.25) is 4.79 Å². The quantitative estimate of drug-likeness (QED) is 0.324. The van der Waals surface area contributed by atoms with Crippen molar-refractivity contribution in [2.75, 3.05) is 6.54 Å². The molecule has 1 aliphatic carbocycles.